The largest absolute Gasteiger partial charge is 0.530 e. The third kappa shape index (κ3) is 6.16. The molecule has 0 spiro atoms. The van der Waals surface area contributed by atoms with Gasteiger partial charge < -0.3 is 24.9 Å². The van der Waals surface area contributed by atoms with Crippen molar-refractivity contribution >= 4 is 12.2 Å². The van der Waals surface area contributed by atoms with Gasteiger partial charge in [0.05, 0.1) is 0 Å². The number of benzene rings is 1. The third-order valence-corrected chi connectivity index (χ3v) is 2.85. The number of nitrogens with one attached hydrogen (secondary N) is 1. The summed E-state index contributed by atoms with van der Waals surface area (Å²) in [4.78, 5) is 23.7. The van der Waals surface area contributed by atoms with Crippen molar-refractivity contribution in [3.05, 3.63) is 35.9 Å². The molecule has 0 aliphatic carbocycles. The first-order chi connectivity index (χ1) is 9.80. The lowest BCUT2D eigenvalue weighted by Crippen LogP contribution is -2.53. The van der Waals surface area contributed by atoms with Gasteiger partial charge in [-0.15, -0.1) is 0 Å². The topological polar surface area (TPSA) is 81.7 Å². The smallest absolute Gasteiger partial charge is 0.407 e. The molecule has 1 aromatic rings. The highest BCUT2D eigenvalue weighted by Gasteiger charge is 2.20. The van der Waals surface area contributed by atoms with Crippen LogP contribution in [-0.2, 0) is 11.3 Å². The van der Waals surface area contributed by atoms with Crippen molar-refractivity contribution in [1.82, 2.24) is 10.2 Å². The molecule has 116 valence electrons. The van der Waals surface area contributed by atoms with Gasteiger partial charge in [0.15, 0.2) is 0 Å². The van der Waals surface area contributed by atoms with Gasteiger partial charge in [-0.2, -0.15) is 0 Å². The van der Waals surface area contributed by atoms with Crippen molar-refractivity contribution in [3.63, 3.8) is 0 Å². The summed E-state index contributed by atoms with van der Waals surface area (Å²) in [6.45, 7) is 5.77. The van der Waals surface area contributed by atoms with E-state index in [0.29, 0.717) is 0 Å². The fraction of sp³-hybridized carbons (Fsp3) is 0.467. The Kier molecular flexibility index (Phi) is 6.02. The highest BCUT2D eigenvalue weighted by atomic mass is 16.5. The predicted molar refractivity (Wildman–Crippen MR) is 76.5 cm³/mol. The maximum atomic E-state index is 11.5. The summed E-state index contributed by atoms with van der Waals surface area (Å²) in [6.07, 6.45) is -1.84. The summed E-state index contributed by atoms with van der Waals surface area (Å²) in [6, 6.07) is 9.30. The monoisotopic (exact) mass is 293 g/mol. The van der Waals surface area contributed by atoms with E-state index in [9.17, 15) is 14.7 Å². The van der Waals surface area contributed by atoms with Crippen LogP contribution >= 0.6 is 0 Å². The number of rotatable bonds is 5. The molecule has 0 aliphatic heterocycles. The molecule has 6 heteroatoms. The Labute approximate surface area is 124 Å². The van der Waals surface area contributed by atoms with Crippen LogP contribution in [0.1, 0.15) is 26.3 Å². The molecule has 0 heterocycles. The van der Waals surface area contributed by atoms with Crippen LogP contribution in [0.5, 0.6) is 0 Å². The van der Waals surface area contributed by atoms with Gasteiger partial charge in [-0.3, -0.25) is 0 Å². The number of hydrogen-bond donors (Lipinski definition) is 1. The molecule has 21 heavy (non-hydrogen) atoms. The Morgan fingerprint density at radius 1 is 1.24 bits per heavy atom. The van der Waals surface area contributed by atoms with E-state index in [-0.39, 0.29) is 19.7 Å². The zero-order valence-corrected chi connectivity index (χ0v) is 12.6. The third-order valence-electron chi connectivity index (χ3n) is 2.85. The molecule has 1 N–H and O–H groups in total. The first-order valence-electron chi connectivity index (χ1n) is 6.74. The van der Waals surface area contributed by atoms with E-state index in [1.807, 2.05) is 30.3 Å². The van der Waals surface area contributed by atoms with E-state index < -0.39 is 17.7 Å². The van der Waals surface area contributed by atoms with Gasteiger partial charge in [0.25, 0.3) is 0 Å². The molecule has 0 aliphatic rings. The number of carbonyl (C=O) groups is 2. The van der Waals surface area contributed by atoms with Crippen LogP contribution < -0.4 is 10.4 Å². The Morgan fingerprint density at radius 3 is 2.38 bits per heavy atom. The summed E-state index contributed by atoms with van der Waals surface area (Å²) >= 11 is 0. The molecule has 0 aromatic heterocycles. The van der Waals surface area contributed by atoms with Crippen molar-refractivity contribution in [3.8, 4) is 0 Å². The Bertz CT molecular complexity index is 468. The molecule has 0 bridgehead atoms. The van der Waals surface area contributed by atoms with E-state index in [1.165, 1.54) is 0 Å². The first kappa shape index (κ1) is 16.8. The van der Waals surface area contributed by atoms with E-state index >= 15 is 0 Å². The average molecular weight is 293 g/mol. The van der Waals surface area contributed by atoms with Gasteiger partial charge >= 0.3 is 6.09 Å². The quantitative estimate of drug-likeness (QED) is 0.888. The van der Waals surface area contributed by atoms with Crippen LogP contribution in [0.3, 0.4) is 0 Å². The van der Waals surface area contributed by atoms with Crippen LogP contribution in [0, 0.1) is 0 Å². The van der Waals surface area contributed by atoms with Gasteiger partial charge in [0, 0.05) is 18.6 Å². The lowest BCUT2D eigenvalue weighted by molar-refractivity contribution is -0.270. The average Bonchev–Trinajstić information content (AvgIpc) is 2.40. The summed E-state index contributed by atoms with van der Waals surface area (Å²) in [5, 5.41) is 13.5. The Hall–Kier alpha value is -2.24. The minimum absolute atomic E-state index is 0.145. The minimum atomic E-state index is -1.26. The second-order valence-electron chi connectivity index (χ2n) is 5.58. The number of hydrogen-bond acceptors (Lipinski definition) is 4. The molecule has 6 nitrogen and oxygen atoms in total. The van der Waals surface area contributed by atoms with E-state index in [1.54, 1.807) is 20.8 Å². The highest BCUT2D eigenvalue weighted by Crippen LogP contribution is 2.11. The lowest BCUT2D eigenvalue weighted by atomic mass is 10.1. The molecule has 0 saturated heterocycles. The first-order valence-corrected chi connectivity index (χ1v) is 6.74. The van der Waals surface area contributed by atoms with Gasteiger partial charge in [-0.1, -0.05) is 30.3 Å². The van der Waals surface area contributed by atoms with E-state index in [4.69, 9.17) is 4.74 Å². The molecule has 0 radical (unpaired) electrons. The summed E-state index contributed by atoms with van der Waals surface area (Å²) in [5.74, 6) is 0. The molecule has 0 saturated carbocycles. The molecule has 2 amide bonds. The van der Waals surface area contributed by atoms with E-state index in [2.05, 4.69) is 5.32 Å². The van der Waals surface area contributed by atoms with Crippen molar-refractivity contribution < 1.29 is 19.4 Å². The number of amides is 2. The highest BCUT2D eigenvalue weighted by molar-refractivity contribution is 5.67. The molecule has 1 aromatic carbocycles. The Morgan fingerprint density at radius 2 is 1.86 bits per heavy atom. The normalized spacial score (nSPS) is 10.8. The minimum Gasteiger partial charge on any atom is -0.530 e. The van der Waals surface area contributed by atoms with Crippen LogP contribution in [0.15, 0.2) is 30.3 Å². The predicted octanol–water partition coefficient (Wildman–Crippen LogP) is 1.36. The molecular formula is C15H21N2O4-. The zero-order valence-electron chi connectivity index (χ0n) is 12.6. The second-order valence-corrected chi connectivity index (χ2v) is 5.58. The molecular weight excluding hydrogens is 272 g/mol. The van der Waals surface area contributed by atoms with Gasteiger partial charge in [0.1, 0.15) is 12.7 Å². The maximum Gasteiger partial charge on any atom is 0.407 e. The van der Waals surface area contributed by atoms with Crippen molar-refractivity contribution in [2.45, 2.75) is 32.9 Å². The van der Waals surface area contributed by atoms with Crippen LogP contribution in [0.2, 0.25) is 0 Å². The lowest BCUT2D eigenvalue weighted by Gasteiger charge is -2.37. The zero-order chi connectivity index (χ0) is 15.9. The van der Waals surface area contributed by atoms with Gasteiger partial charge in [-0.25, -0.2) is 4.79 Å². The van der Waals surface area contributed by atoms with Crippen LogP contribution in [0.4, 0.5) is 9.59 Å². The fourth-order valence-corrected chi connectivity index (χ4v) is 1.74. The van der Waals surface area contributed by atoms with Gasteiger partial charge in [-0.05, 0) is 26.3 Å². The maximum absolute atomic E-state index is 11.5. The number of alkyl carbamates (subject to hydrolysis) is 1. The van der Waals surface area contributed by atoms with Crippen LogP contribution in [-0.4, -0.2) is 35.7 Å². The van der Waals surface area contributed by atoms with Crippen molar-refractivity contribution in [2.75, 3.05) is 13.1 Å². The SMILES string of the molecule is CC(C)(C)N(CCNC(=O)OCc1ccccc1)C(=O)[O-]. The number of carboxylic acid groups (broad SMARTS) is 1. The Balaban J connectivity index is 2.31. The number of ether oxygens (including phenoxy) is 1. The molecule has 1 rings (SSSR count). The second kappa shape index (κ2) is 7.52. The van der Waals surface area contributed by atoms with Crippen LogP contribution in [0.25, 0.3) is 0 Å². The number of nitrogens with zero attached hydrogens (tertiary/aromatic N) is 1. The van der Waals surface area contributed by atoms with Gasteiger partial charge in [0.2, 0.25) is 0 Å². The fourth-order valence-electron chi connectivity index (χ4n) is 1.74. The number of carbonyl (C=O) groups excluding carboxylic acids is 2. The van der Waals surface area contributed by atoms with Crippen molar-refractivity contribution in [1.29, 1.82) is 0 Å². The molecule has 0 fully saturated rings. The van der Waals surface area contributed by atoms with Crippen molar-refractivity contribution in [2.24, 2.45) is 0 Å². The summed E-state index contributed by atoms with van der Waals surface area (Å²) < 4.78 is 5.02. The van der Waals surface area contributed by atoms with E-state index in [0.717, 1.165) is 10.5 Å². The molecule has 0 unspecified atom stereocenters. The standard InChI is InChI=1S/C15H22N2O4/c1-15(2,3)17(14(19)20)10-9-16-13(18)21-11-12-7-5-4-6-8-12/h4-8H,9-11H2,1-3H3,(H,16,18)(H,19,20)/p-1. The summed E-state index contributed by atoms with van der Waals surface area (Å²) in [7, 11) is 0. The summed E-state index contributed by atoms with van der Waals surface area (Å²) in [5.41, 5.74) is 0.313. The molecule has 0 atom stereocenters.